The number of hydrogen-bond acceptors (Lipinski definition) is 3. The van der Waals surface area contributed by atoms with Crippen molar-refractivity contribution in [3.05, 3.63) is 59.9 Å². The van der Waals surface area contributed by atoms with Gasteiger partial charge in [-0.05, 0) is 30.2 Å². The van der Waals surface area contributed by atoms with Gasteiger partial charge in [0.05, 0.1) is 12.3 Å². The van der Waals surface area contributed by atoms with Crippen LogP contribution in [0.1, 0.15) is 12.0 Å². The van der Waals surface area contributed by atoms with Crippen LogP contribution in [0, 0.1) is 11.7 Å². The SMILES string of the molecule is O=C(NCC1CCOC1)Nc1ccccc1SCc1ccccc1F. The van der Waals surface area contributed by atoms with E-state index in [1.54, 1.807) is 12.1 Å². The Balaban J connectivity index is 1.56. The van der Waals surface area contributed by atoms with Gasteiger partial charge in [0.25, 0.3) is 0 Å². The molecule has 1 aliphatic rings. The summed E-state index contributed by atoms with van der Waals surface area (Å²) in [4.78, 5) is 13.0. The minimum absolute atomic E-state index is 0.211. The van der Waals surface area contributed by atoms with E-state index in [-0.39, 0.29) is 11.8 Å². The highest BCUT2D eigenvalue weighted by atomic mass is 32.2. The van der Waals surface area contributed by atoms with Crippen LogP contribution in [0.5, 0.6) is 0 Å². The number of rotatable bonds is 6. The highest BCUT2D eigenvalue weighted by molar-refractivity contribution is 7.98. The second-order valence-corrected chi connectivity index (χ2v) is 6.96. The Morgan fingerprint density at radius 2 is 2.00 bits per heavy atom. The predicted octanol–water partition coefficient (Wildman–Crippen LogP) is 4.28. The van der Waals surface area contributed by atoms with Crippen LogP contribution in [-0.4, -0.2) is 25.8 Å². The number of ether oxygens (including phenoxy) is 1. The summed E-state index contributed by atoms with van der Waals surface area (Å²) in [5, 5.41) is 5.76. The van der Waals surface area contributed by atoms with Gasteiger partial charge in [-0.2, -0.15) is 0 Å². The maximum atomic E-state index is 13.7. The molecule has 2 N–H and O–H groups in total. The van der Waals surface area contributed by atoms with Crippen molar-refractivity contribution < 1.29 is 13.9 Å². The number of hydrogen-bond donors (Lipinski definition) is 2. The molecule has 0 saturated carbocycles. The number of halogens is 1. The van der Waals surface area contributed by atoms with Gasteiger partial charge in [-0.25, -0.2) is 9.18 Å². The fourth-order valence-electron chi connectivity index (χ4n) is 2.61. The van der Waals surface area contributed by atoms with Gasteiger partial charge in [0.2, 0.25) is 0 Å². The molecule has 0 spiro atoms. The summed E-state index contributed by atoms with van der Waals surface area (Å²) in [5.74, 6) is 0.681. The number of nitrogens with one attached hydrogen (secondary N) is 2. The van der Waals surface area contributed by atoms with Crippen LogP contribution >= 0.6 is 11.8 Å². The average Bonchev–Trinajstić information content (AvgIpc) is 3.14. The van der Waals surface area contributed by atoms with Crippen molar-refractivity contribution in [2.75, 3.05) is 25.1 Å². The molecule has 6 heteroatoms. The van der Waals surface area contributed by atoms with Crippen LogP contribution < -0.4 is 10.6 Å². The van der Waals surface area contributed by atoms with E-state index in [9.17, 15) is 9.18 Å². The normalized spacial score (nSPS) is 16.6. The van der Waals surface area contributed by atoms with Crippen LogP contribution in [0.3, 0.4) is 0 Å². The number of para-hydroxylation sites is 1. The lowest BCUT2D eigenvalue weighted by atomic mass is 10.1. The molecule has 0 bridgehead atoms. The summed E-state index contributed by atoms with van der Waals surface area (Å²) in [7, 11) is 0. The van der Waals surface area contributed by atoms with Gasteiger partial charge in [-0.1, -0.05) is 30.3 Å². The Morgan fingerprint density at radius 1 is 1.20 bits per heavy atom. The van der Waals surface area contributed by atoms with Crippen LogP contribution in [0.4, 0.5) is 14.9 Å². The molecule has 132 valence electrons. The maximum absolute atomic E-state index is 13.7. The van der Waals surface area contributed by atoms with E-state index in [1.807, 2.05) is 30.3 Å². The van der Waals surface area contributed by atoms with Gasteiger partial charge in [0.15, 0.2) is 0 Å². The minimum atomic E-state index is -0.231. The van der Waals surface area contributed by atoms with Gasteiger partial charge >= 0.3 is 6.03 Å². The van der Waals surface area contributed by atoms with Gasteiger partial charge in [0, 0.05) is 29.7 Å². The lowest BCUT2D eigenvalue weighted by molar-refractivity contribution is 0.185. The maximum Gasteiger partial charge on any atom is 0.319 e. The van der Waals surface area contributed by atoms with E-state index in [4.69, 9.17) is 4.74 Å². The zero-order chi connectivity index (χ0) is 17.5. The predicted molar refractivity (Wildman–Crippen MR) is 98.4 cm³/mol. The van der Waals surface area contributed by atoms with Crippen LogP contribution in [0.15, 0.2) is 53.4 Å². The van der Waals surface area contributed by atoms with E-state index in [0.29, 0.717) is 30.4 Å². The molecular weight excluding hydrogens is 339 g/mol. The zero-order valence-electron chi connectivity index (χ0n) is 13.8. The van der Waals surface area contributed by atoms with Gasteiger partial charge in [-0.3, -0.25) is 0 Å². The average molecular weight is 360 g/mol. The Bertz CT molecular complexity index is 720. The Hall–Kier alpha value is -2.05. The number of amides is 2. The van der Waals surface area contributed by atoms with Crippen LogP contribution in [-0.2, 0) is 10.5 Å². The second-order valence-electron chi connectivity index (χ2n) is 5.94. The van der Waals surface area contributed by atoms with Gasteiger partial charge in [-0.15, -0.1) is 11.8 Å². The van der Waals surface area contributed by atoms with Crippen molar-refractivity contribution in [1.82, 2.24) is 5.32 Å². The summed E-state index contributed by atoms with van der Waals surface area (Å²) in [6.07, 6.45) is 0.982. The molecular formula is C19H21FN2O2S. The monoisotopic (exact) mass is 360 g/mol. The molecule has 0 radical (unpaired) electrons. The molecule has 2 aromatic carbocycles. The van der Waals surface area contributed by atoms with Crippen molar-refractivity contribution in [2.24, 2.45) is 5.92 Å². The second kappa shape index (κ2) is 8.87. The highest BCUT2D eigenvalue weighted by Gasteiger charge is 2.16. The zero-order valence-corrected chi connectivity index (χ0v) is 14.7. The third kappa shape index (κ3) is 5.21. The number of anilines is 1. The first kappa shape index (κ1) is 17.8. The Morgan fingerprint density at radius 3 is 2.80 bits per heavy atom. The Labute approximate surface area is 151 Å². The summed E-state index contributed by atoms with van der Waals surface area (Å²) in [5.41, 5.74) is 1.37. The number of benzene rings is 2. The first-order chi connectivity index (χ1) is 12.2. The third-order valence-corrected chi connectivity index (χ3v) is 5.17. The molecule has 0 aliphatic carbocycles. The first-order valence-electron chi connectivity index (χ1n) is 8.30. The minimum Gasteiger partial charge on any atom is -0.381 e. The molecule has 1 heterocycles. The molecule has 2 amide bonds. The molecule has 3 rings (SSSR count). The summed E-state index contributed by atoms with van der Waals surface area (Å²) in [6, 6.07) is 14.0. The third-order valence-electron chi connectivity index (χ3n) is 4.05. The number of carbonyl (C=O) groups is 1. The number of urea groups is 1. The van der Waals surface area contributed by atoms with Gasteiger partial charge in [0.1, 0.15) is 5.82 Å². The summed E-state index contributed by atoms with van der Waals surface area (Å²) >= 11 is 1.50. The van der Waals surface area contributed by atoms with Crippen LogP contribution in [0.2, 0.25) is 0 Å². The van der Waals surface area contributed by atoms with Crippen molar-refractivity contribution >= 4 is 23.5 Å². The topological polar surface area (TPSA) is 50.4 Å². The van der Waals surface area contributed by atoms with Crippen molar-refractivity contribution in [1.29, 1.82) is 0 Å². The molecule has 2 aromatic rings. The van der Waals surface area contributed by atoms with Crippen molar-refractivity contribution in [3.63, 3.8) is 0 Å². The van der Waals surface area contributed by atoms with Gasteiger partial charge < -0.3 is 15.4 Å². The lowest BCUT2D eigenvalue weighted by Gasteiger charge is -2.13. The van der Waals surface area contributed by atoms with Crippen LogP contribution in [0.25, 0.3) is 0 Å². The van der Waals surface area contributed by atoms with E-state index in [2.05, 4.69) is 10.6 Å². The fraction of sp³-hybridized carbons (Fsp3) is 0.316. The van der Waals surface area contributed by atoms with E-state index in [1.165, 1.54) is 17.8 Å². The number of carbonyl (C=O) groups excluding carboxylic acids is 1. The van der Waals surface area contributed by atoms with Crippen molar-refractivity contribution in [3.8, 4) is 0 Å². The molecule has 1 aliphatic heterocycles. The first-order valence-corrected chi connectivity index (χ1v) is 9.29. The Kier molecular flexibility index (Phi) is 6.30. The highest BCUT2D eigenvalue weighted by Crippen LogP contribution is 2.30. The van der Waals surface area contributed by atoms with E-state index >= 15 is 0 Å². The molecule has 1 unspecified atom stereocenters. The summed E-state index contributed by atoms with van der Waals surface area (Å²) in [6.45, 7) is 2.08. The van der Waals surface area contributed by atoms with E-state index < -0.39 is 0 Å². The molecule has 1 fully saturated rings. The molecule has 25 heavy (non-hydrogen) atoms. The molecule has 1 atom stereocenters. The van der Waals surface area contributed by atoms with E-state index in [0.717, 1.165) is 23.6 Å². The van der Waals surface area contributed by atoms with Crippen molar-refractivity contribution in [2.45, 2.75) is 17.1 Å². The molecule has 4 nitrogen and oxygen atoms in total. The molecule has 1 saturated heterocycles. The lowest BCUT2D eigenvalue weighted by Crippen LogP contribution is -2.33. The largest absolute Gasteiger partial charge is 0.381 e. The fourth-order valence-corrected chi connectivity index (χ4v) is 3.61. The summed E-state index contributed by atoms with van der Waals surface area (Å²) < 4.78 is 19.1. The number of thioether (sulfide) groups is 1. The standard InChI is InChI=1S/C19H21FN2O2S/c20-16-6-2-1-5-15(16)13-25-18-8-4-3-7-17(18)22-19(23)21-11-14-9-10-24-12-14/h1-8,14H,9-13H2,(H2,21,22,23). The smallest absolute Gasteiger partial charge is 0.319 e. The quantitative estimate of drug-likeness (QED) is 0.756. The molecule has 0 aromatic heterocycles.